The summed E-state index contributed by atoms with van der Waals surface area (Å²) in [4.78, 5) is 35.1. The van der Waals surface area contributed by atoms with Gasteiger partial charge in [0.2, 0.25) is 0 Å². The van der Waals surface area contributed by atoms with Gasteiger partial charge in [-0.05, 0) is 74.6 Å². The lowest BCUT2D eigenvalue weighted by Gasteiger charge is -2.44. The lowest BCUT2D eigenvalue weighted by atomic mass is 9.71. The second-order valence-electron chi connectivity index (χ2n) is 12.2. The van der Waals surface area contributed by atoms with Crippen molar-refractivity contribution >= 4 is 17.6 Å². The van der Waals surface area contributed by atoms with E-state index < -0.39 is 23.2 Å². The highest BCUT2D eigenvalue weighted by molar-refractivity contribution is 5.95. The lowest BCUT2D eigenvalue weighted by Crippen LogP contribution is -2.57. The SMILES string of the molecule is COc1cccc(C(O)(C(=O)N2CCC(CC3(C)CCN(c4ccc(C(=O)N(C)C)c(C)n4)CC3)CC2)C(F)(F)F)c1. The zero-order valence-electron chi connectivity index (χ0n) is 25.0. The molecule has 42 heavy (non-hydrogen) atoms. The number of hydrogen-bond donors (Lipinski definition) is 1. The highest BCUT2D eigenvalue weighted by Crippen LogP contribution is 2.44. The average molecular weight is 591 g/mol. The Morgan fingerprint density at radius 3 is 2.29 bits per heavy atom. The van der Waals surface area contributed by atoms with E-state index in [2.05, 4.69) is 11.8 Å². The average Bonchev–Trinajstić information content (AvgIpc) is 2.96. The number of aromatic nitrogens is 1. The van der Waals surface area contributed by atoms with Crippen molar-refractivity contribution in [3.8, 4) is 5.75 Å². The van der Waals surface area contributed by atoms with Crippen molar-refractivity contribution in [2.24, 2.45) is 11.3 Å². The first kappa shape index (κ1) is 31.6. The van der Waals surface area contributed by atoms with Gasteiger partial charge in [-0.2, -0.15) is 13.2 Å². The van der Waals surface area contributed by atoms with Crippen LogP contribution < -0.4 is 9.64 Å². The van der Waals surface area contributed by atoms with Gasteiger partial charge in [-0.25, -0.2) is 4.98 Å². The first-order chi connectivity index (χ1) is 19.7. The zero-order valence-corrected chi connectivity index (χ0v) is 25.0. The molecule has 4 rings (SSSR count). The largest absolute Gasteiger partial charge is 0.497 e. The number of amides is 2. The first-order valence-electron chi connectivity index (χ1n) is 14.4. The molecule has 2 saturated heterocycles. The first-order valence-corrected chi connectivity index (χ1v) is 14.4. The number of methoxy groups -OCH3 is 1. The molecule has 2 amide bonds. The Labute approximate surface area is 245 Å². The number of likely N-dealkylation sites (tertiary alicyclic amines) is 1. The van der Waals surface area contributed by atoms with Crippen molar-refractivity contribution < 1.29 is 32.6 Å². The molecule has 0 saturated carbocycles. The molecule has 11 heteroatoms. The van der Waals surface area contributed by atoms with Crippen LogP contribution in [0.25, 0.3) is 0 Å². The number of carbonyl (C=O) groups is 2. The zero-order chi connectivity index (χ0) is 30.9. The predicted molar refractivity (Wildman–Crippen MR) is 153 cm³/mol. The fourth-order valence-corrected chi connectivity index (χ4v) is 6.19. The standard InChI is InChI=1S/C31H41F3N4O4/c1-21-25(27(39)36(3)4)9-10-26(35-21)37-17-13-29(2,14-18-37)20-22-11-15-38(16-12-22)28(40)30(41,31(32,33)34)23-7-6-8-24(19-23)42-5/h6-10,19,22,41H,11-18,20H2,1-5H3. The van der Waals surface area contributed by atoms with E-state index >= 15 is 0 Å². The van der Waals surface area contributed by atoms with Gasteiger partial charge >= 0.3 is 6.18 Å². The Bertz CT molecular complexity index is 1290. The second-order valence-corrected chi connectivity index (χ2v) is 12.2. The molecule has 3 heterocycles. The molecule has 2 fully saturated rings. The van der Waals surface area contributed by atoms with Gasteiger partial charge < -0.3 is 24.5 Å². The number of alkyl halides is 3. The number of rotatable bonds is 7. The molecule has 1 unspecified atom stereocenters. The summed E-state index contributed by atoms with van der Waals surface area (Å²) in [5, 5.41) is 10.8. The fourth-order valence-electron chi connectivity index (χ4n) is 6.19. The van der Waals surface area contributed by atoms with Crippen molar-refractivity contribution in [1.82, 2.24) is 14.8 Å². The monoisotopic (exact) mass is 590 g/mol. The maximum atomic E-state index is 14.2. The number of aliphatic hydroxyl groups is 1. The number of benzene rings is 1. The fraction of sp³-hybridized carbons (Fsp3) is 0.581. The molecule has 1 aromatic carbocycles. The van der Waals surface area contributed by atoms with Gasteiger partial charge in [-0.1, -0.05) is 19.1 Å². The minimum Gasteiger partial charge on any atom is -0.497 e. The lowest BCUT2D eigenvalue weighted by molar-refractivity contribution is -0.262. The summed E-state index contributed by atoms with van der Waals surface area (Å²) in [6.07, 6.45) is -1.22. The van der Waals surface area contributed by atoms with Gasteiger partial charge in [0.15, 0.2) is 0 Å². The molecule has 0 bridgehead atoms. The van der Waals surface area contributed by atoms with Gasteiger partial charge in [0.25, 0.3) is 17.4 Å². The number of nitrogens with zero attached hydrogens (tertiary/aromatic N) is 4. The van der Waals surface area contributed by atoms with Crippen molar-refractivity contribution in [3.63, 3.8) is 0 Å². The third kappa shape index (κ3) is 6.35. The summed E-state index contributed by atoms with van der Waals surface area (Å²) >= 11 is 0. The molecule has 0 spiro atoms. The molecular weight excluding hydrogens is 549 g/mol. The number of halogens is 3. The van der Waals surface area contributed by atoms with Crippen molar-refractivity contribution in [1.29, 1.82) is 0 Å². The summed E-state index contributed by atoms with van der Waals surface area (Å²) in [7, 11) is 4.74. The summed E-state index contributed by atoms with van der Waals surface area (Å²) in [5.74, 6) is -0.164. The summed E-state index contributed by atoms with van der Waals surface area (Å²) < 4.78 is 47.5. The molecule has 1 N–H and O–H groups in total. The van der Waals surface area contributed by atoms with E-state index in [1.807, 2.05) is 19.1 Å². The van der Waals surface area contributed by atoms with Crippen LogP contribution in [0.1, 0.15) is 60.6 Å². The molecule has 2 aliphatic rings. The number of pyridine rings is 1. The van der Waals surface area contributed by atoms with Crippen LogP contribution in [-0.4, -0.2) is 85.3 Å². The number of piperidine rings is 2. The van der Waals surface area contributed by atoms with E-state index in [0.29, 0.717) is 24.1 Å². The molecule has 2 aromatic rings. The Morgan fingerprint density at radius 1 is 1.10 bits per heavy atom. The summed E-state index contributed by atoms with van der Waals surface area (Å²) in [6.45, 7) is 6.06. The summed E-state index contributed by atoms with van der Waals surface area (Å²) in [6, 6.07) is 8.67. The molecule has 0 radical (unpaired) electrons. The molecule has 0 aliphatic carbocycles. The molecule has 1 aromatic heterocycles. The van der Waals surface area contributed by atoms with E-state index in [4.69, 9.17) is 9.72 Å². The van der Waals surface area contributed by atoms with Crippen LogP contribution in [0, 0.1) is 18.3 Å². The Kier molecular flexibility index (Phi) is 9.11. The predicted octanol–water partition coefficient (Wildman–Crippen LogP) is 4.79. The van der Waals surface area contributed by atoms with Crippen LogP contribution in [0.5, 0.6) is 5.75 Å². The highest BCUT2D eigenvalue weighted by Gasteiger charge is 2.62. The van der Waals surface area contributed by atoms with E-state index in [9.17, 15) is 27.9 Å². The third-order valence-electron chi connectivity index (χ3n) is 8.89. The van der Waals surface area contributed by atoms with E-state index in [-0.39, 0.29) is 36.1 Å². The number of aryl methyl sites for hydroxylation is 1. The minimum atomic E-state index is -5.19. The van der Waals surface area contributed by atoms with Crippen molar-refractivity contribution in [2.45, 2.75) is 57.7 Å². The Hall–Kier alpha value is -3.34. The van der Waals surface area contributed by atoms with Gasteiger partial charge in [-0.15, -0.1) is 0 Å². The molecule has 230 valence electrons. The maximum absolute atomic E-state index is 14.2. The van der Waals surface area contributed by atoms with E-state index in [0.717, 1.165) is 55.2 Å². The van der Waals surface area contributed by atoms with Crippen molar-refractivity contribution in [3.05, 3.63) is 53.2 Å². The van der Waals surface area contributed by atoms with Crippen LogP contribution in [0.4, 0.5) is 19.0 Å². The number of anilines is 1. The second kappa shape index (κ2) is 12.1. The molecule has 2 aliphatic heterocycles. The molecular formula is C31H41F3N4O4. The van der Waals surface area contributed by atoms with Crippen molar-refractivity contribution in [2.75, 3.05) is 52.3 Å². The van der Waals surface area contributed by atoms with Gasteiger partial charge in [0.1, 0.15) is 11.6 Å². The van der Waals surface area contributed by atoms with Crippen LogP contribution >= 0.6 is 0 Å². The summed E-state index contributed by atoms with van der Waals surface area (Å²) in [5.41, 5.74) is -2.84. The van der Waals surface area contributed by atoms with Crippen LogP contribution in [0.3, 0.4) is 0 Å². The molecule has 8 nitrogen and oxygen atoms in total. The topological polar surface area (TPSA) is 86.2 Å². The van der Waals surface area contributed by atoms with E-state index in [1.165, 1.54) is 24.1 Å². The third-order valence-corrected chi connectivity index (χ3v) is 8.89. The number of ether oxygens (including phenoxy) is 1. The van der Waals surface area contributed by atoms with Crippen LogP contribution in [-0.2, 0) is 10.4 Å². The normalized spacial score (nSPS) is 19.3. The van der Waals surface area contributed by atoms with Crippen LogP contribution in [0.2, 0.25) is 0 Å². The van der Waals surface area contributed by atoms with Gasteiger partial charge in [-0.3, -0.25) is 9.59 Å². The van der Waals surface area contributed by atoms with Gasteiger partial charge in [0.05, 0.1) is 18.4 Å². The molecule has 1 atom stereocenters. The van der Waals surface area contributed by atoms with E-state index in [1.54, 1.807) is 14.1 Å². The Balaban J connectivity index is 1.35. The number of carbonyl (C=O) groups excluding carboxylic acids is 2. The minimum absolute atomic E-state index is 0.0660. The van der Waals surface area contributed by atoms with Crippen LogP contribution in [0.15, 0.2) is 36.4 Å². The maximum Gasteiger partial charge on any atom is 0.430 e. The Morgan fingerprint density at radius 2 is 1.74 bits per heavy atom. The van der Waals surface area contributed by atoms with Gasteiger partial charge in [0, 0.05) is 45.8 Å². The highest BCUT2D eigenvalue weighted by atomic mass is 19.4. The smallest absolute Gasteiger partial charge is 0.430 e. The number of hydrogen-bond acceptors (Lipinski definition) is 6. The quantitative estimate of drug-likeness (QED) is 0.500.